The van der Waals surface area contributed by atoms with Gasteiger partial charge in [-0.05, 0) is 75.7 Å². The number of aryl methyl sites for hydroxylation is 2. The molecular formula is C29H26BrF3N6O4. The molecule has 0 radical (unpaired) electrons. The predicted molar refractivity (Wildman–Crippen MR) is 153 cm³/mol. The van der Waals surface area contributed by atoms with Crippen LogP contribution in [0.15, 0.2) is 57.8 Å². The predicted octanol–water partition coefficient (Wildman–Crippen LogP) is 4.27. The quantitative estimate of drug-likeness (QED) is 0.330. The van der Waals surface area contributed by atoms with Gasteiger partial charge in [0.1, 0.15) is 5.75 Å². The summed E-state index contributed by atoms with van der Waals surface area (Å²) in [5.74, 6) is -0.696. The summed E-state index contributed by atoms with van der Waals surface area (Å²) >= 11 is 2.91. The van der Waals surface area contributed by atoms with Crippen molar-refractivity contribution >= 4 is 27.7 Å². The summed E-state index contributed by atoms with van der Waals surface area (Å²) in [5, 5.41) is 4.51. The molecule has 14 heteroatoms. The minimum atomic E-state index is -4.65. The first kappa shape index (κ1) is 30.0. The fraction of sp³-hybridized carbons (Fsp3) is 0.276. The molecule has 0 unspecified atom stereocenters. The summed E-state index contributed by atoms with van der Waals surface area (Å²) in [6.45, 7) is 4.94. The first-order valence-corrected chi connectivity index (χ1v) is 13.9. The number of rotatable bonds is 6. The molecule has 1 aliphatic heterocycles. The molecule has 1 atom stereocenters. The van der Waals surface area contributed by atoms with Crippen molar-refractivity contribution in [1.29, 1.82) is 0 Å². The third kappa shape index (κ3) is 5.91. The van der Waals surface area contributed by atoms with Crippen LogP contribution in [-0.4, -0.2) is 48.7 Å². The van der Waals surface area contributed by atoms with Crippen LogP contribution in [0.3, 0.4) is 0 Å². The van der Waals surface area contributed by atoms with Crippen LogP contribution in [0, 0.1) is 13.8 Å². The first-order valence-electron chi connectivity index (χ1n) is 13.1. The second-order valence-electron chi connectivity index (χ2n) is 10.2. The number of alkyl halides is 3. The van der Waals surface area contributed by atoms with Crippen LogP contribution in [0.4, 0.5) is 13.2 Å². The summed E-state index contributed by atoms with van der Waals surface area (Å²) in [6.07, 6.45) is -4.52. The lowest BCUT2D eigenvalue weighted by molar-refractivity contribution is -0.138. The number of benzene rings is 2. The number of carbonyl (C=O) groups excluding carboxylic acids is 2. The third-order valence-corrected chi connectivity index (χ3v) is 7.74. The molecule has 1 aliphatic rings. The average Bonchev–Trinajstić information content (AvgIpc) is 3.28. The maximum atomic E-state index is 14.1. The van der Waals surface area contributed by atoms with Crippen LogP contribution >= 0.6 is 15.9 Å². The Bertz CT molecular complexity index is 1800. The number of nitrogens with zero attached hydrogens (tertiary/aromatic N) is 5. The van der Waals surface area contributed by atoms with Crippen LogP contribution in [0.25, 0.3) is 11.6 Å². The Morgan fingerprint density at radius 2 is 1.81 bits per heavy atom. The zero-order valence-corrected chi connectivity index (χ0v) is 24.9. The lowest BCUT2D eigenvalue weighted by Crippen LogP contribution is -2.46. The van der Waals surface area contributed by atoms with Crippen LogP contribution in [0.2, 0.25) is 0 Å². The van der Waals surface area contributed by atoms with Gasteiger partial charge >= 0.3 is 6.18 Å². The minimum Gasteiger partial charge on any atom is -0.484 e. The molecule has 10 nitrogen and oxygen atoms in total. The zero-order chi connectivity index (χ0) is 31.2. The number of amides is 2. The van der Waals surface area contributed by atoms with E-state index in [9.17, 15) is 27.6 Å². The highest BCUT2D eigenvalue weighted by Crippen LogP contribution is 2.36. The molecular weight excluding hydrogens is 633 g/mol. The van der Waals surface area contributed by atoms with Crippen LogP contribution in [-0.2, 0) is 23.9 Å². The van der Waals surface area contributed by atoms with Gasteiger partial charge in [-0.25, -0.2) is 14.2 Å². The van der Waals surface area contributed by atoms with Gasteiger partial charge in [0, 0.05) is 27.3 Å². The van der Waals surface area contributed by atoms with Gasteiger partial charge in [-0.15, -0.1) is 0 Å². The van der Waals surface area contributed by atoms with Gasteiger partial charge in [-0.3, -0.25) is 14.4 Å². The standard InChI is InChI=1S/C29H26BrF3N6O4/c1-15-10-17(3)39(36-15)28-35-24-13-37(26(41)18-4-9-23(30)22(12-18)29(31,32)33)16(2)11-21(24)27(42)38(28)19-5-7-20(8-6-19)43-14-25(34)40/h4-10,12,16H,11,13-14H2,1-3H3,(H2,34,40)/t16-/m1/s1. The highest BCUT2D eigenvalue weighted by molar-refractivity contribution is 9.10. The summed E-state index contributed by atoms with van der Waals surface area (Å²) in [6, 6.07) is 11.1. The maximum Gasteiger partial charge on any atom is 0.417 e. The Labute approximate surface area is 252 Å². The average molecular weight is 659 g/mol. The Balaban J connectivity index is 1.58. The largest absolute Gasteiger partial charge is 0.484 e. The second-order valence-corrected chi connectivity index (χ2v) is 11.1. The highest BCUT2D eigenvalue weighted by Gasteiger charge is 2.36. The third-order valence-electron chi connectivity index (χ3n) is 7.05. The van der Waals surface area contributed by atoms with E-state index in [1.807, 2.05) is 6.07 Å². The Morgan fingerprint density at radius 1 is 1.12 bits per heavy atom. The van der Waals surface area contributed by atoms with E-state index in [2.05, 4.69) is 21.0 Å². The van der Waals surface area contributed by atoms with E-state index < -0.39 is 29.6 Å². The minimum absolute atomic E-state index is 0.0883. The van der Waals surface area contributed by atoms with Crippen LogP contribution < -0.4 is 16.0 Å². The molecule has 0 fully saturated rings. The van der Waals surface area contributed by atoms with E-state index in [4.69, 9.17) is 15.5 Å². The SMILES string of the molecule is Cc1cc(C)n(-c2nc3c(c(=O)n2-c2ccc(OCC(N)=O)cc2)C[C@@H](C)N(C(=O)c2ccc(Br)c(C(F)(F)F)c2)C3)n1. The van der Waals surface area contributed by atoms with Gasteiger partial charge in [0.15, 0.2) is 6.61 Å². The number of ether oxygens (including phenoxy) is 1. The Morgan fingerprint density at radius 3 is 2.42 bits per heavy atom. The van der Waals surface area contributed by atoms with Crippen molar-refractivity contribution in [1.82, 2.24) is 24.2 Å². The molecule has 4 aromatic rings. The number of carbonyl (C=O) groups is 2. The zero-order valence-electron chi connectivity index (χ0n) is 23.3. The van der Waals surface area contributed by atoms with Crippen molar-refractivity contribution < 1.29 is 27.5 Å². The van der Waals surface area contributed by atoms with Crippen molar-refractivity contribution in [2.75, 3.05) is 6.61 Å². The van der Waals surface area contributed by atoms with E-state index in [-0.39, 0.29) is 41.1 Å². The topological polar surface area (TPSA) is 125 Å². The molecule has 3 heterocycles. The number of hydrogen-bond acceptors (Lipinski definition) is 6. The molecule has 43 heavy (non-hydrogen) atoms. The van der Waals surface area contributed by atoms with E-state index in [0.717, 1.165) is 6.07 Å². The first-order chi connectivity index (χ1) is 20.2. The van der Waals surface area contributed by atoms with Crippen molar-refractivity contribution in [2.24, 2.45) is 5.73 Å². The van der Waals surface area contributed by atoms with Crippen molar-refractivity contribution in [3.63, 3.8) is 0 Å². The fourth-order valence-corrected chi connectivity index (χ4v) is 5.48. The van der Waals surface area contributed by atoms with Crippen LogP contribution in [0.5, 0.6) is 5.75 Å². The monoisotopic (exact) mass is 658 g/mol. The van der Waals surface area contributed by atoms with Gasteiger partial charge in [-0.1, -0.05) is 15.9 Å². The Kier molecular flexibility index (Phi) is 7.90. The number of primary amides is 1. The number of nitrogens with two attached hydrogens (primary N) is 1. The van der Waals surface area contributed by atoms with Crippen molar-refractivity contribution in [2.45, 2.75) is 46.0 Å². The van der Waals surface area contributed by atoms with Gasteiger partial charge in [-0.2, -0.15) is 18.3 Å². The summed E-state index contributed by atoms with van der Waals surface area (Å²) in [7, 11) is 0. The van der Waals surface area contributed by atoms with E-state index in [1.165, 1.54) is 26.3 Å². The van der Waals surface area contributed by atoms with Gasteiger partial charge < -0.3 is 15.4 Å². The molecule has 2 amide bonds. The number of aromatic nitrogens is 4. The Hall–Kier alpha value is -4.46. The number of halogens is 4. The van der Waals surface area contributed by atoms with Crippen LogP contribution in [0.1, 0.15) is 45.5 Å². The van der Waals surface area contributed by atoms with E-state index in [0.29, 0.717) is 34.1 Å². The number of fused-ring (bicyclic) bond motifs is 1. The normalized spacial score (nSPS) is 14.9. The van der Waals surface area contributed by atoms with E-state index >= 15 is 0 Å². The van der Waals surface area contributed by atoms with Gasteiger partial charge in [0.25, 0.3) is 17.4 Å². The highest BCUT2D eigenvalue weighted by atomic mass is 79.9. The smallest absolute Gasteiger partial charge is 0.417 e. The fourth-order valence-electron chi connectivity index (χ4n) is 5.01. The summed E-state index contributed by atoms with van der Waals surface area (Å²) in [4.78, 5) is 44.9. The molecule has 0 saturated carbocycles. The van der Waals surface area contributed by atoms with E-state index in [1.54, 1.807) is 45.0 Å². The van der Waals surface area contributed by atoms with Crippen molar-refractivity contribution in [3.8, 4) is 17.4 Å². The molecule has 0 bridgehead atoms. The number of hydrogen-bond donors (Lipinski definition) is 1. The molecule has 5 rings (SSSR count). The second kappa shape index (κ2) is 11.3. The lowest BCUT2D eigenvalue weighted by atomic mass is 9.98. The molecule has 2 aromatic carbocycles. The lowest BCUT2D eigenvalue weighted by Gasteiger charge is -2.34. The maximum absolute atomic E-state index is 14.1. The summed E-state index contributed by atoms with van der Waals surface area (Å²) in [5.41, 5.74) is 6.23. The molecule has 0 saturated heterocycles. The molecule has 2 aromatic heterocycles. The van der Waals surface area contributed by atoms with Crippen molar-refractivity contribution in [3.05, 3.63) is 97.1 Å². The molecule has 2 N–H and O–H groups in total. The molecule has 224 valence electrons. The molecule has 0 spiro atoms. The molecule has 0 aliphatic carbocycles. The van der Waals surface area contributed by atoms with Gasteiger partial charge in [0.05, 0.1) is 29.2 Å². The van der Waals surface area contributed by atoms with Gasteiger partial charge in [0.2, 0.25) is 5.95 Å². The summed E-state index contributed by atoms with van der Waals surface area (Å²) < 4.78 is 48.7.